The molecule has 1 aliphatic heterocycles. The number of amides is 1. The summed E-state index contributed by atoms with van der Waals surface area (Å²) in [7, 11) is -3.05. The topological polar surface area (TPSA) is 105 Å². The lowest BCUT2D eigenvalue weighted by Gasteiger charge is -2.23. The van der Waals surface area contributed by atoms with Crippen LogP contribution in [0.3, 0.4) is 0 Å². The number of sulfone groups is 1. The van der Waals surface area contributed by atoms with Crippen molar-refractivity contribution in [2.75, 3.05) is 17.3 Å². The number of carbonyl (C=O) groups excluding carboxylic acids is 1. The summed E-state index contributed by atoms with van der Waals surface area (Å²) in [6.45, 7) is 3.87. The Labute approximate surface area is 157 Å². The largest absolute Gasteiger partial charge is 0.349 e. The Kier molecular flexibility index (Phi) is 5.38. The van der Waals surface area contributed by atoms with E-state index in [-0.39, 0.29) is 23.2 Å². The van der Waals surface area contributed by atoms with Gasteiger partial charge in [0.1, 0.15) is 0 Å². The van der Waals surface area contributed by atoms with E-state index in [0.717, 1.165) is 12.0 Å². The summed E-state index contributed by atoms with van der Waals surface area (Å²) in [6.07, 6.45) is 1.43. The van der Waals surface area contributed by atoms with Gasteiger partial charge in [0, 0.05) is 5.56 Å². The molecule has 1 amide bonds. The molecule has 7 nitrogen and oxygen atoms in total. The number of hydrogen-bond donors (Lipinski definition) is 2. The molecule has 0 unspecified atom stereocenters. The van der Waals surface area contributed by atoms with Gasteiger partial charge in [-0.15, -0.1) is 5.10 Å². The molecule has 1 aromatic heterocycles. The molecule has 26 heavy (non-hydrogen) atoms. The fourth-order valence-corrected chi connectivity index (χ4v) is 5.64. The monoisotopic (exact) mass is 394 g/mol. The van der Waals surface area contributed by atoms with E-state index in [2.05, 4.69) is 39.6 Å². The zero-order chi connectivity index (χ0) is 18.8. The number of rotatable bonds is 6. The number of aromatic amines is 1. The first-order chi connectivity index (χ1) is 12.3. The van der Waals surface area contributed by atoms with Gasteiger partial charge in [-0.1, -0.05) is 43.0 Å². The van der Waals surface area contributed by atoms with Gasteiger partial charge in [0.05, 0.1) is 22.8 Å². The Morgan fingerprint density at radius 1 is 1.35 bits per heavy atom. The third-order valence-corrected chi connectivity index (χ3v) is 7.13. The van der Waals surface area contributed by atoms with Crippen molar-refractivity contribution in [3.63, 3.8) is 0 Å². The number of carbonyl (C=O) groups is 1. The number of hydrogen-bond acceptors (Lipinski definition) is 6. The highest BCUT2D eigenvalue weighted by atomic mass is 32.2. The van der Waals surface area contributed by atoms with Crippen molar-refractivity contribution in [1.82, 2.24) is 20.5 Å². The summed E-state index contributed by atoms with van der Waals surface area (Å²) in [5.41, 5.74) is 1.51. The van der Waals surface area contributed by atoms with Crippen LogP contribution in [-0.2, 0) is 21.1 Å². The van der Waals surface area contributed by atoms with Crippen LogP contribution in [0.4, 0.5) is 0 Å². The third-order valence-electron chi connectivity index (χ3n) is 4.38. The summed E-state index contributed by atoms with van der Waals surface area (Å²) >= 11 is 1.22. The van der Waals surface area contributed by atoms with Crippen molar-refractivity contribution in [3.05, 3.63) is 29.8 Å². The first-order valence-corrected chi connectivity index (χ1v) is 11.3. The summed E-state index contributed by atoms with van der Waals surface area (Å²) in [5, 5.41) is 10.3. The van der Waals surface area contributed by atoms with Crippen LogP contribution in [0.5, 0.6) is 0 Å². The van der Waals surface area contributed by atoms with Crippen LogP contribution in [0, 0.1) is 0 Å². The molecule has 2 N–H and O–H groups in total. The first-order valence-electron chi connectivity index (χ1n) is 8.44. The highest BCUT2D eigenvalue weighted by Gasteiger charge is 2.39. The minimum atomic E-state index is -3.05. The maximum absolute atomic E-state index is 12.1. The van der Waals surface area contributed by atoms with Crippen molar-refractivity contribution < 1.29 is 13.2 Å². The fourth-order valence-electron chi connectivity index (χ4n) is 2.95. The molecule has 2 heterocycles. The standard InChI is InChI=1S/C17H22N4O3S2/c1-3-12-4-6-13(7-5-12)15-18-16(21-20-15)25-10-14(22)19-17(2)8-9-26(23,24)11-17/h4-7H,3,8-11H2,1-2H3,(H,19,22)(H,18,20,21)/t17-/m0/s1. The number of H-pyrrole nitrogens is 1. The van der Waals surface area contributed by atoms with E-state index in [9.17, 15) is 13.2 Å². The van der Waals surface area contributed by atoms with Gasteiger partial charge >= 0.3 is 0 Å². The molecule has 1 atom stereocenters. The highest BCUT2D eigenvalue weighted by Crippen LogP contribution is 2.24. The van der Waals surface area contributed by atoms with Crippen LogP contribution in [-0.4, -0.2) is 52.3 Å². The highest BCUT2D eigenvalue weighted by molar-refractivity contribution is 7.99. The Morgan fingerprint density at radius 3 is 2.69 bits per heavy atom. The molecule has 1 saturated heterocycles. The van der Waals surface area contributed by atoms with Gasteiger partial charge < -0.3 is 5.32 Å². The first kappa shape index (κ1) is 18.9. The Balaban J connectivity index is 1.55. The quantitative estimate of drug-likeness (QED) is 0.724. The molecule has 1 aromatic carbocycles. The van der Waals surface area contributed by atoms with E-state index in [0.29, 0.717) is 17.4 Å². The van der Waals surface area contributed by atoms with E-state index < -0.39 is 15.4 Å². The van der Waals surface area contributed by atoms with Gasteiger partial charge in [0.25, 0.3) is 0 Å². The van der Waals surface area contributed by atoms with Crippen molar-refractivity contribution in [2.45, 2.75) is 37.4 Å². The maximum atomic E-state index is 12.1. The summed E-state index contributed by atoms with van der Waals surface area (Å²) in [6, 6.07) is 8.08. The minimum Gasteiger partial charge on any atom is -0.349 e. The van der Waals surface area contributed by atoms with Crippen molar-refractivity contribution in [1.29, 1.82) is 0 Å². The number of nitrogens with one attached hydrogen (secondary N) is 2. The zero-order valence-corrected chi connectivity index (χ0v) is 16.4. The molecule has 0 saturated carbocycles. The van der Waals surface area contributed by atoms with Crippen LogP contribution in [0.15, 0.2) is 29.4 Å². The second kappa shape index (κ2) is 7.40. The number of aromatic nitrogens is 3. The van der Waals surface area contributed by atoms with Crippen LogP contribution in [0.2, 0.25) is 0 Å². The molecule has 0 aliphatic carbocycles. The van der Waals surface area contributed by atoms with Crippen LogP contribution in [0.25, 0.3) is 11.4 Å². The van der Waals surface area contributed by atoms with E-state index in [1.54, 1.807) is 6.92 Å². The number of thioether (sulfide) groups is 1. The Hall–Kier alpha value is -1.87. The van der Waals surface area contributed by atoms with Crippen LogP contribution in [0.1, 0.15) is 25.8 Å². The van der Waals surface area contributed by atoms with Crippen molar-refractivity contribution in [2.24, 2.45) is 0 Å². The normalized spacial score (nSPS) is 21.6. The van der Waals surface area contributed by atoms with Gasteiger partial charge in [-0.2, -0.15) is 0 Å². The summed E-state index contributed by atoms with van der Waals surface area (Å²) in [4.78, 5) is 16.5. The maximum Gasteiger partial charge on any atom is 0.230 e. The van der Waals surface area contributed by atoms with Gasteiger partial charge in [-0.3, -0.25) is 9.89 Å². The van der Waals surface area contributed by atoms with Gasteiger partial charge in [-0.25, -0.2) is 13.4 Å². The van der Waals surface area contributed by atoms with Crippen molar-refractivity contribution in [3.8, 4) is 11.4 Å². The van der Waals surface area contributed by atoms with E-state index in [1.165, 1.54) is 17.3 Å². The third kappa shape index (κ3) is 4.64. The Morgan fingerprint density at radius 2 is 2.08 bits per heavy atom. The lowest BCUT2D eigenvalue weighted by molar-refractivity contribution is -0.120. The smallest absolute Gasteiger partial charge is 0.230 e. The van der Waals surface area contributed by atoms with Crippen LogP contribution < -0.4 is 5.32 Å². The summed E-state index contributed by atoms with van der Waals surface area (Å²) < 4.78 is 23.2. The van der Waals surface area contributed by atoms with Gasteiger partial charge in [0.2, 0.25) is 11.1 Å². The average Bonchev–Trinajstić information content (AvgIpc) is 3.17. The van der Waals surface area contributed by atoms with Gasteiger partial charge in [0.15, 0.2) is 15.7 Å². The predicted octanol–water partition coefficient (Wildman–Crippen LogP) is 1.82. The average molecular weight is 395 g/mol. The lowest BCUT2D eigenvalue weighted by Crippen LogP contribution is -2.47. The second-order valence-corrected chi connectivity index (χ2v) is 9.88. The molecule has 2 aromatic rings. The number of aryl methyl sites for hydroxylation is 1. The molecule has 0 spiro atoms. The molecule has 1 fully saturated rings. The molecule has 0 radical (unpaired) electrons. The van der Waals surface area contributed by atoms with Gasteiger partial charge in [-0.05, 0) is 25.3 Å². The minimum absolute atomic E-state index is 0.00500. The number of benzene rings is 1. The Bertz CT molecular complexity index is 893. The molecular formula is C17H22N4O3S2. The van der Waals surface area contributed by atoms with Crippen LogP contribution >= 0.6 is 11.8 Å². The van der Waals surface area contributed by atoms with E-state index in [1.807, 2.05) is 12.1 Å². The molecule has 140 valence electrons. The van der Waals surface area contributed by atoms with E-state index in [4.69, 9.17) is 0 Å². The summed E-state index contributed by atoms with van der Waals surface area (Å²) in [5.74, 6) is 0.701. The molecule has 3 rings (SSSR count). The predicted molar refractivity (Wildman–Crippen MR) is 102 cm³/mol. The molecule has 1 aliphatic rings. The van der Waals surface area contributed by atoms with E-state index >= 15 is 0 Å². The molecular weight excluding hydrogens is 372 g/mol. The SMILES string of the molecule is CCc1ccc(-c2nc(SCC(=O)N[C@@]3(C)CCS(=O)(=O)C3)n[nH]2)cc1. The number of nitrogens with zero attached hydrogens (tertiary/aromatic N) is 2. The fraction of sp³-hybridized carbons (Fsp3) is 0.471. The molecule has 0 bridgehead atoms. The second-order valence-electron chi connectivity index (χ2n) is 6.76. The molecule has 9 heteroatoms. The lowest BCUT2D eigenvalue weighted by atomic mass is 10.0. The zero-order valence-electron chi connectivity index (χ0n) is 14.8. The van der Waals surface area contributed by atoms with Crippen molar-refractivity contribution >= 4 is 27.5 Å².